The number of hydrogen-bond acceptors (Lipinski definition) is 5. The zero-order valence-corrected chi connectivity index (χ0v) is 9.53. The number of carbonyl (C=O) groups is 1. The van der Waals surface area contributed by atoms with E-state index in [-0.39, 0.29) is 6.07 Å². The van der Waals surface area contributed by atoms with E-state index >= 15 is 0 Å². The average Bonchev–Trinajstić information content (AvgIpc) is 2.34. The van der Waals surface area contributed by atoms with Crippen LogP contribution in [-0.4, -0.2) is 32.3 Å². The predicted octanol–water partition coefficient (Wildman–Crippen LogP) is 1.09. The molecule has 20 heavy (non-hydrogen) atoms. The molecule has 0 heterocycles. The van der Waals surface area contributed by atoms with Crippen molar-refractivity contribution in [3.63, 3.8) is 0 Å². The molecule has 0 spiro atoms. The molecule has 1 aromatic carbocycles. The van der Waals surface area contributed by atoms with Crippen molar-refractivity contribution < 1.29 is 38.2 Å². The maximum Gasteiger partial charge on any atom is 0.416 e. The minimum atomic E-state index is -4.83. The minimum absolute atomic E-state index is 0.160. The molecule has 10 heteroatoms. The highest BCUT2D eigenvalue weighted by atomic mass is 19.4. The third-order valence-corrected chi connectivity index (χ3v) is 2.43. The minimum Gasteiger partial charge on any atom is -0.479 e. The van der Waals surface area contributed by atoms with Crippen LogP contribution in [0.5, 0.6) is 0 Å². The summed E-state index contributed by atoms with van der Waals surface area (Å²) in [4.78, 5) is 20.0. The van der Waals surface area contributed by atoms with E-state index in [1.165, 1.54) is 0 Å². The first-order chi connectivity index (χ1) is 9.05. The van der Waals surface area contributed by atoms with Gasteiger partial charge in [0.05, 0.1) is 16.1 Å². The van der Waals surface area contributed by atoms with Gasteiger partial charge in [-0.1, -0.05) is 0 Å². The Balaban J connectivity index is 3.34. The molecule has 0 bridgehead atoms. The molecule has 0 saturated carbocycles. The largest absolute Gasteiger partial charge is 0.479 e. The second-order valence-corrected chi connectivity index (χ2v) is 3.76. The van der Waals surface area contributed by atoms with Crippen LogP contribution in [0.2, 0.25) is 0 Å². The highest BCUT2D eigenvalue weighted by Crippen LogP contribution is 2.35. The van der Waals surface area contributed by atoms with Gasteiger partial charge >= 0.3 is 12.1 Å². The SMILES string of the molecule is O=C(O)C(O)C(O)c1ccc(C(F)(F)F)cc1[N+](=O)[O-]. The van der Waals surface area contributed by atoms with E-state index in [0.717, 1.165) is 0 Å². The monoisotopic (exact) mass is 295 g/mol. The number of benzene rings is 1. The summed E-state index contributed by atoms with van der Waals surface area (Å²) >= 11 is 0. The number of rotatable bonds is 4. The van der Waals surface area contributed by atoms with Gasteiger partial charge in [-0.05, 0) is 12.1 Å². The van der Waals surface area contributed by atoms with Crippen LogP contribution >= 0.6 is 0 Å². The van der Waals surface area contributed by atoms with Crippen molar-refractivity contribution in [2.75, 3.05) is 0 Å². The molecule has 0 aliphatic rings. The molecule has 2 atom stereocenters. The zero-order chi connectivity index (χ0) is 15.7. The van der Waals surface area contributed by atoms with Crippen LogP contribution < -0.4 is 0 Å². The number of hydrogen-bond donors (Lipinski definition) is 3. The van der Waals surface area contributed by atoms with Gasteiger partial charge in [0.2, 0.25) is 0 Å². The van der Waals surface area contributed by atoms with E-state index in [0.29, 0.717) is 12.1 Å². The number of carboxylic acids is 1. The van der Waals surface area contributed by atoms with Crippen LogP contribution in [-0.2, 0) is 11.0 Å². The Kier molecular flexibility index (Phi) is 4.30. The Labute approximate surface area is 109 Å². The lowest BCUT2D eigenvalue weighted by molar-refractivity contribution is -0.386. The van der Waals surface area contributed by atoms with Crippen LogP contribution in [0.4, 0.5) is 18.9 Å². The van der Waals surface area contributed by atoms with Crippen molar-refractivity contribution in [1.82, 2.24) is 0 Å². The van der Waals surface area contributed by atoms with Gasteiger partial charge in [0, 0.05) is 6.07 Å². The van der Waals surface area contributed by atoms with Crippen molar-refractivity contribution in [3.05, 3.63) is 39.4 Å². The van der Waals surface area contributed by atoms with Gasteiger partial charge in [-0.3, -0.25) is 10.1 Å². The number of halogens is 3. The topological polar surface area (TPSA) is 121 Å². The molecule has 0 aliphatic heterocycles. The van der Waals surface area contributed by atoms with Crippen molar-refractivity contribution in [2.45, 2.75) is 18.4 Å². The van der Waals surface area contributed by atoms with E-state index in [9.17, 15) is 33.2 Å². The number of nitro groups is 1. The Bertz CT molecular complexity index is 544. The summed E-state index contributed by atoms with van der Waals surface area (Å²) in [6.45, 7) is 0. The first-order valence-electron chi connectivity index (χ1n) is 5.00. The number of nitro benzene ring substituents is 1. The Hall–Kier alpha value is -2.20. The predicted molar refractivity (Wildman–Crippen MR) is 56.7 cm³/mol. The number of carboxylic acid groups (broad SMARTS) is 1. The molecule has 110 valence electrons. The van der Waals surface area contributed by atoms with Crippen molar-refractivity contribution >= 4 is 11.7 Å². The quantitative estimate of drug-likeness (QED) is 0.565. The molecule has 0 saturated heterocycles. The lowest BCUT2D eigenvalue weighted by Gasteiger charge is -2.15. The van der Waals surface area contributed by atoms with E-state index in [1.54, 1.807) is 0 Å². The van der Waals surface area contributed by atoms with Gasteiger partial charge in [0.25, 0.3) is 5.69 Å². The fourth-order valence-corrected chi connectivity index (χ4v) is 1.43. The molecule has 0 aromatic heterocycles. The fourth-order valence-electron chi connectivity index (χ4n) is 1.43. The first-order valence-corrected chi connectivity index (χ1v) is 5.00. The molecule has 0 radical (unpaired) electrons. The molecule has 0 aliphatic carbocycles. The number of aliphatic carboxylic acids is 1. The molecular formula is C10H8F3NO6. The van der Waals surface area contributed by atoms with Crippen LogP contribution in [0.15, 0.2) is 18.2 Å². The van der Waals surface area contributed by atoms with Gasteiger partial charge in [-0.2, -0.15) is 13.2 Å². The molecule has 3 N–H and O–H groups in total. The highest BCUT2D eigenvalue weighted by Gasteiger charge is 2.36. The fraction of sp³-hybridized carbons (Fsp3) is 0.300. The van der Waals surface area contributed by atoms with Crippen LogP contribution in [0.3, 0.4) is 0 Å². The highest BCUT2D eigenvalue weighted by molar-refractivity contribution is 5.73. The van der Waals surface area contributed by atoms with Gasteiger partial charge in [0.1, 0.15) is 6.10 Å². The maximum atomic E-state index is 12.4. The van der Waals surface area contributed by atoms with E-state index in [2.05, 4.69) is 0 Å². The van der Waals surface area contributed by atoms with Crippen LogP contribution in [0.25, 0.3) is 0 Å². The maximum absolute atomic E-state index is 12.4. The standard InChI is InChI=1S/C10H8F3NO6/c11-10(12,13)4-1-2-5(6(3-4)14(19)20)7(15)8(16)9(17)18/h1-3,7-8,15-16H,(H,17,18). The third kappa shape index (κ3) is 3.22. The molecule has 1 rings (SSSR count). The molecule has 0 fully saturated rings. The summed E-state index contributed by atoms with van der Waals surface area (Å²) in [6.07, 6.45) is -9.46. The van der Waals surface area contributed by atoms with Gasteiger partial charge in [0.15, 0.2) is 6.10 Å². The van der Waals surface area contributed by atoms with Crippen LogP contribution in [0.1, 0.15) is 17.2 Å². The lowest BCUT2D eigenvalue weighted by atomic mass is 10.0. The molecule has 0 amide bonds. The Morgan fingerprint density at radius 2 is 1.85 bits per heavy atom. The van der Waals surface area contributed by atoms with Crippen molar-refractivity contribution in [1.29, 1.82) is 0 Å². The van der Waals surface area contributed by atoms with Crippen molar-refractivity contribution in [2.24, 2.45) is 0 Å². The Morgan fingerprint density at radius 1 is 1.30 bits per heavy atom. The van der Waals surface area contributed by atoms with Gasteiger partial charge in [-0.15, -0.1) is 0 Å². The summed E-state index contributed by atoms with van der Waals surface area (Å²) in [7, 11) is 0. The Morgan fingerprint density at radius 3 is 2.25 bits per heavy atom. The molecule has 1 aromatic rings. The lowest BCUT2D eigenvalue weighted by Crippen LogP contribution is -2.28. The molecule has 2 unspecified atom stereocenters. The van der Waals surface area contributed by atoms with Crippen LogP contribution in [0, 0.1) is 10.1 Å². The molecule has 7 nitrogen and oxygen atoms in total. The van der Waals surface area contributed by atoms with E-state index in [1.807, 2.05) is 0 Å². The first kappa shape index (κ1) is 15.9. The number of aliphatic hydroxyl groups excluding tert-OH is 2. The summed E-state index contributed by atoms with van der Waals surface area (Å²) in [5.41, 5.74) is -3.18. The number of alkyl halides is 3. The van der Waals surface area contributed by atoms with Gasteiger partial charge in [-0.25, -0.2) is 4.79 Å². The summed E-state index contributed by atoms with van der Waals surface area (Å²) in [5.74, 6) is -1.87. The smallest absolute Gasteiger partial charge is 0.416 e. The average molecular weight is 295 g/mol. The van der Waals surface area contributed by atoms with Crippen molar-refractivity contribution in [3.8, 4) is 0 Å². The second kappa shape index (κ2) is 5.43. The summed E-state index contributed by atoms with van der Waals surface area (Å²) in [5, 5.41) is 37.7. The zero-order valence-electron chi connectivity index (χ0n) is 9.53. The number of nitrogens with zero attached hydrogens (tertiary/aromatic N) is 1. The molecular weight excluding hydrogens is 287 g/mol. The van der Waals surface area contributed by atoms with E-state index < -0.39 is 46.1 Å². The van der Waals surface area contributed by atoms with E-state index in [4.69, 9.17) is 10.2 Å². The third-order valence-electron chi connectivity index (χ3n) is 2.43. The summed E-state index contributed by atoms with van der Waals surface area (Å²) < 4.78 is 37.3. The number of aliphatic hydroxyl groups is 2. The van der Waals surface area contributed by atoms with Gasteiger partial charge < -0.3 is 15.3 Å². The normalized spacial score (nSPS) is 14.7. The second-order valence-electron chi connectivity index (χ2n) is 3.76. The summed E-state index contributed by atoms with van der Waals surface area (Å²) in [6, 6.07) is 1.16.